The molecule has 0 fully saturated rings. The van der Waals surface area contributed by atoms with Crippen LogP contribution in [0.4, 0.5) is 0 Å². The Hall–Kier alpha value is -2.69. The van der Waals surface area contributed by atoms with Crippen LogP contribution >= 0.6 is 0 Å². The average molecular weight is 386 g/mol. The third kappa shape index (κ3) is 4.77. The maximum Gasteiger partial charge on any atom is 0.230 e. The molecule has 0 aliphatic heterocycles. The molecular formula is C23H31NO4. The molecule has 2 aromatic carbocycles. The van der Waals surface area contributed by atoms with Crippen LogP contribution in [0.2, 0.25) is 0 Å². The number of hydrogen-bond acceptors (Lipinski definition) is 4. The Balaban J connectivity index is 2.27. The summed E-state index contributed by atoms with van der Waals surface area (Å²) >= 11 is 0. The van der Waals surface area contributed by atoms with Gasteiger partial charge in [0.25, 0.3) is 0 Å². The highest BCUT2D eigenvalue weighted by Gasteiger charge is 2.27. The molecule has 0 aromatic heterocycles. The molecule has 0 saturated heterocycles. The van der Waals surface area contributed by atoms with E-state index < -0.39 is 0 Å². The van der Waals surface area contributed by atoms with E-state index in [2.05, 4.69) is 19.1 Å². The molecule has 0 radical (unpaired) electrons. The summed E-state index contributed by atoms with van der Waals surface area (Å²) in [5, 5.41) is 0. The van der Waals surface area contributed by atoms with Gasteiger partial charge in [-0.1, -0.05) is 37.3 Å². The molecule has 0 aliphatic rings. The average Bonchev–Trinajstić information content (AvgIpc) is 2.73. The number of nitrogens with zero attached hydrogens (tertiary/aromatic N) is 1. The summed E-state index contributed by atoms with van der Waals surface area (Å²) in [6, 6.07) is 14.0. The van der Waals surface area contributed by atoms with Crippen molar-refractivity contribution >= 4 is 5.91 Å². The number of methoxy groups -OCH3 is 3. The van der Waals surface area contributed by atoms with Crippen LogP contribution in [0.25, 0.3) is 0 Å². The van der Waals surface area contributed by atoms with Crippen LogP contribution < -0.4 is 14.2 Å². The van der Waals surface area contributed by atoms with Crippen LogP contribution in [0.3, 0.4) is 0 Å². The topological polar surface area (TPSA) is 48.0 Å². The van der Waals surface area contributed by atoms with E-state index in [0.717, 1.165) is 12.0 Å². The minimum atomic E-state index is -0.281. The number of likely N-dealkylation sites (N-methyl/N-ethyl adjacent to an activating group) is 1. The van der Waals surface area contributed by atoms with Crippen molar-refractivity contribution in [1.82, 2.24) is 4.90 Å². The minimum absolute atomic E-state index is 0.0835. The van der Waals surface area contributed by atoms with Gasteiger partial charge in [0.2, 0.25) is 11.7 Å². The molecule has 0 aliphatic carbocycles. The van der Waals surface area contributed by atoms with Crippen molar-refractivity contribution in [3.8, 4) is 17.2 Å². The lowest BCUT2D eigenvalue weighted by atomic mass is 9.93. The van der Waals surface area contributed by atoms with E-state index in [1.54, 1.807) is 21.3 Å². The molecule has 2 aromatic rings. The molecule has 0 unspecified atom stereocenters. The number of ether oxygens (including phenoxy) is 3. The lowest BCUT2D eigenvalue weighted by Gasteiger charge is -2.29. The Kier molecular flexibility index (Phi) is 7.73. The molecule has 152 valence electrons. The van der Waals surface area contributed by atoms with E-state index in [0.29, 0.717) is 23.7 Å². The smallest absolute Gasteiger partial charge is 0.230 e. The molecular weight excluding hydrogens is 354 g/mol. The molecule has 0 heterocycles. The largest absolute Gasteiger partial charge is 0.493 e. The Morgan fingerprint density at radius 3 is 2.04 bits per heavy atom. The van der Waals surface area contributed by atoms with Crippen molar-refractivity contribution in [2.75, 3.05) is 28.4 Å². The highest BCUT2D eigenvalue weighted by atomic mass is 16.5. The molecule has 2 rings (SSSR count). The van der Waals surface area contributed by atoms with Gasteiger partial charge in [-0.05, 0) is 43.0 Å². The molecule has 0 spiro atoms. The van der Waals surface area contributed by atoms with E-state index in [9.17, 15) is 4.79 Å². The van der Waals surface area contributed by atoms with Crippen LogP contribution in [-0.2, 0) is 11.2 Å². The summed E-state index contributed by atoms with van der Waals surface area (Å²) < 4.78 is 16.3. The first-order valence-electron chi connectivity index (χ1n) is 9.57. The van der Waals surface area contributed by atoms with Crippen molar-refractivity contribution in [2.45, 2.75) is 38.6 Å². The molecule has 5 heteroatoms. The van der Waals surface area contributed by atoms with E-state index in [1.807, 2.05) is 49.2 Å². The monoisotopic (exact) mass is 385 g/mol. The van der Waals surface area contributed by atoms with Crippen molar-refractivity contribution < 1.29 is 19.0 Å². The quantitative estimate of drug-likeness (QED) is 0.646. The van der Waals surface area contributed by atoms with Gasteiger partial charge in [0.15, 0.2) is 11.5 Å². The first-order valence-corrected chi connectivity index (χ1v) is 9.57. The van der Waals surface area contributed by atoms with Gasteiger partial charge in [-0.25, -0.2) is 0 Å². The molecule has 0 N–H and O–H groups in total. The maximum atomic E-state index is 13.3. The summed E-state index contributed by atoms with van der Waals surface area (Å²) in [6.45, 7) is 4.09. The van der Waals surface area contributed by atoms with Crippen LogP contribution in [0.5, 0.6) is 17.2 Å². The van der Waals surface area contributed by atoms with E-state index in [-0.39, 0.29) is 17.9 Å². The number of carbonyl (C=O) groups excluding carboxylic acids is 1. The van der Waals surface area contributed by atoms with Gasteiger partial charge in [-0.2, -0.15) is 0 Å². The van der Waals surface area contributed by atoms with Crippen molar-refractivity contribution in [2.24, 2.45) is 0 Å². The first kappa shape index (κ1) is 21.6. The van der Waals surface area contributed by atoms with Gasteiger partial charge in [0, 0.05) is 13.1 Å². The Bertz CT molecular complexity index is 750. The van der Waals surface area contributed by atoms with Gasteiger partial charge >= 0.3 is 0 Å². The number of carbonyl (C=O) groups is 1. The highest BCUT2D eigenvalue weighted by Crippen LogP contribution is 2.41. The van der Waals surface area contributed by atoms with Crippen LogP contribution in [-0.4, -0.2) is 45.2 Å². The van der Waals surface area contributed by atoms with Gasteiger partial charge < -0.3 is 19.1 Å². The minimum Gasteiger partial charge on any atom is -0.493 e. The van der Waals surface area contributed by atoms with Crippen molar-refractivity contribution in [3.63, 3.8) is 0 Å². The zero-order chi connectivity index (χ0) is 20.7. The lowest BCUT2D eigenvalue weighted by molar-refractivity contribution is -0.133. The first-order chi connectivity index (χ1) is 13.5. The zero-order valence-electron chi connectivity index (χ0n) is 17.7. The number of rotatable bonds is 9. The molecule has 0 saturated carbocycles. The zero-order valence-corrected chi connectivity index (χ0v) is 17.7. The molecule has 5 nitrogen and oxygen atoms in total. The van der Waals surface area contributed by atoms with E-state index in [4.69, 9.17) is 14.2 Å². The van der Waals surface area contributed by atoms with Crippen LogP contribution in [0.1, 0.15) is 37.3 Å². The van der Waals surface area contributed by atoms with Gasteiger partial charge in [0.05, 0.1) is 27.2 Å². The van der Waals surface area contributed by atoms with Crippen LogP contribution in [0, 0.1) is 0 Å². The number of hydrogen-bond donors (Lipinski definition) is 0. The summed E-state index contributed by atoms with van der Waals surface area (Å²) in [7, 11) is 6.61. The van der Waals surface area contributed by atoms with Gasteiger partial charge in [-0.3, -0.25) is 4.79 Å². The number of amides is 1. The highest BCUT2D eigenvalue weighted by molar-refractivity contribution is 5.84. The van der Waals surface area contributed by atoms with E-state index >= 15 is 0 Å². The lowest BCUT2D eigenvalue weighted by Crippen LogP contribution is -2.39. The maximum absolute atomic E-state index is 13.3. The second-order valence-corrected chi connectivity index (χ2v) is 6.91. The summed E-state index contributed by atoms with van der Waals surface area (Å²) in [5.41, 5.74) is 2.08. The fourth-order valence-corrected chi connectivity index (χ4v) is 3.41. The SMILES string of the molecule is CC[C@@H](C(=O)N(C)[C@@H](C)Cc1ccccc1)c1cc(OC)c(OC)c(OC)c1. The molecule has 0 bridgehead atoms. The third-order valence-corrected chi connectivity index (χ3v) is 5.18. The second-order valence-electron chi connectivity index (χ2n) is 6.91. The summed E-state index contributed by atoms with van der Waals surface area (Å²) in [4.78, 5) is 15.1. The Morgan fingerprint density at radius 2 is 1.57 bits per heavy atom. The summed E-state index contributed by atoms with van der Waals surface area (Å²) in [6.07, 6.45) is 1.49. The van der Waals surface area contributed by atoms with Gasteiger partial charge in [0.1, 0.15) is 0 Å². The van der Waals surface area contributed by atoms with E-state index in [1.165, 1.54) is 5.56 Å². The summed E-state index contributed by atoms with van der Waals surface area (Å²) in [5.74, 6) is 1.45. The second kappa shape index (κ2) is 10.0. The fourth-order valence-electron chi connectivity index (χ4n) is 3.41. The normalized spacial score (nSPS) is 12.8. The molecule has 1 amide bonds. The Labute approximate surface area is 168 Å². The third-order valence-electron chi connectivity index (χ3n) is 5.18. The standard InChI is InChI=1S/C23H31NO4/c1-7-19(18-14-20(26-4)22(28-6)21(15-18)27-5)23(25)24(3)16(2)13-17-11-9-8-10-12-17/h8-12,14-16,19H,7,13H2,1-6H3/t16-,19+/m0/s1. The number of benzene rings is 2. The predicted molar refractivity (Wildman–Crippen MR) is 112 cm³/mol. The van der Waals surface area contributed by atoms with Crippen molar-refractivity contribution in [1.29, 1.82) is 0 Å². The predicted octanol–water partition coefficient (Wildman–Crippen LogP) is 4.30. The molecule has 28 heavy (non-hydrogen) atoms. The van der Waals surface area contributed by atoms with Gasteiger partial charge in [-0.15, -0.1) is 0 Å². The van der Waals surface area contributed by atoms with Crippen LogP contribution in [0.15, 0.2) is 42.5 Å². The Morgan fingerprint density at radius 1 is 1.00 bits per heavy atom. The molecule has 2 atom stereocenters. The van der Waals surface area contributed by atoms with Crippen molar-refractivity contribution in [3.05, 3.63) is 53.6 Å². The fraction of sp³-hybridized carbons (Fsp3) is 0.435.